The van der Waals surface area contributed by atoms with E-state index in [0.29, 0.717) is 0 Å². The second kappa shape index (κ2) is 5.61. The number of nitrogens with two attached hydrogens (primary N) is 1. The molecule has 110 valence electrons. The number of anilines is 2. The molecule has 1 heterocycles. The first-order valence-corrected chi connectivity index (χ1v) is 7.03. The largest absolute Gasteiger partial charge is 0.399 e. The van der Waals surface area contributed by atoms with Crippen LogP contribution in [0.4, 0.5) is 16.2 Å². The molecule has 20 heavy (non-hydrogen) atoms. The maximum Gasteiger partial charge on any atom is 0.317 e. The Hall–Kier alpha value is -1.91. The molecule has 1 aliphatic heterocycles. The molecule has 1 aromatic rings. The van der Waals surface area contributed by atoms with Crippen molar-refractivity contribution < 1.29 is 4.79 Å². The number of hydrogen-bond donors (Lipinski definition) is 2. The zero-order valence-electron chi connectivity index (χ0n) is 12.5. The Labute approximate surface area is 120 Å². The molecule has 0 saturated carbocycles. The smallest absolute Gasteiger partial charge is 0.317 e. The van der Waals surface area contributed by atoms with E-state index in [2.05, 4.69) is 10.2 Å². The van der Waals surface area contributed by atoms with Crippen molar-refractivity contribution in [2.45, 2.75) is 26.3 Å². The molecule has 0 bridgehead atoms. The van der Waals surface area contributed by atoms with E-state index in [-0.39, 0.29) is 11.6 Å². The third kappa shape index (κ3) is 3.79. The van der Waals surface area contributed by atoms with E-state index in [1.165, 1.54) is 0 Å². The lowest BCUT2D eigenvalue weighted by atomic mass is 10.1. The molecule has 0 unspecified atom stereocenters. The number of hydrogen-bond acceptors (Lipinski definition) is 3. The predicted octanol–water partition coefficient (Wildman–Crippen LogP) is 1.90. The van der Waals surface area contributed by atoms with Gasteiger partial charge < -0.3 is 20.9 Å². The van der Waals surface area contributed by atoms with Crippen molar-refractivity contribution in [1.29, 1.82) is 0 Å². The molecule has 0 radical (unpaired) electrons. The van der Waals surface area contributed by atoms with Crippen molar-refractivity contribution in [2.24, 2.45) is 0 Å². The van der Waals surface area contributed by atoms with Crippen LogP contribution in [0.25, 0.3) is 0 Å². The number of piperazine rings is 1. The van der Waals surface area contributed by atoms with Gasteiger partial charge in [-0.2, -0.15) is 0 Å². The minimum atomic E-state index is -0.189. The van der Waals surface area contributed by atoms with Crippen LogP contribution in [-0.2, 0) is 0 Å². The van der Waals surface area contributed by atoms with Crippen molar-refractivity contribution in [3.05, 3.63) is 24.3 Å². The number of nitrogens with zero attached hydrogens (tertiary/aromatic N) is 2. The van der Waals surface area contributed by atoms with Crippen LogP contribution in [0.15, 0.2) is 24.3 Å². The number of benzene rings is 1. The number of urea groups is 1. The molecule has 0 aliphatic carbocycles. The SMILES string of the molecule is CC(C)(C)NC(=O)N1CCN(c2ccc(N)cc2)CC1. The predicted molar refractivity (Wildman–Crippen MR) is 82.9 cm³/mol. The zero-order valence-corrected chi connectivity index (χ0v) is 12.5. The molecular weight excluding hydrogens is 252 g/mol. The molecule has 2 rings (SSSR count). The lowest BCUT2D eigenvalue weighted by molar-refractivity contribution is 0.185. The lowest BCUT2D eigenvalue weighted by Crippen LogP contribution is -2.55. The van der Waals surface area contributed by atoms with Crippen LogP contribution < -0.4 is 16.0 Å². The number of carbonyl (C=O) groups excluding carboxylic acids is 1. The summed E-state index contributed by atoms with van der Waals surface area (Å²) >= 11 is 0. The van der Waals surface area contributed by atoms with Crippen LogP contribution >= 0.6 is 0 Å². The molecule has 1 fully saturated rings. The van der Waals surface area contributed by atoms with Crippen molar-refractivity contribution >= 4 is 17.4 Å². The van der Waals surface area contributed by atoms with Gasteiger partial charge in [0.15, 0.2) is 0 Å². The molecule has 0 aromatic heterocycles. The standard InChI is InChI=1S/C15H24N4O/c1-15(2,3)17-14(20)19-10-8-18(9-11-19)13-6-4-12(16)5-7-13/h4-7H,8-11,16H2,1-3H3,(H,17,20). The van der Waals surface area contributed by atoms with E-state index in [9.17, 15) is 4.79 Å². The normalized spacial score (nSPS) is 16.1. The molecule has 0 spiro atoms. The highest BCUT2D eigenvalue weighted by Crippen LogP contribution is 2.18. The van der Waals surface area contributed by atoms with Gasteiger partial charge in [-0.3, -0.25) is 0 Å². The summed E-state index contributed by atoms with van der Waals surface area (Å²) in [5.74, 6) is 0. The summed E-state index contributed by atoms with van der Waals surface area (Å²) in [6.07, 6.45) is 0. The Morgan fingerprint density at radius 2 is 1.65 bits per heavy atom. The van der Waals surface area contributed by atoms with Crippen molar-refractivity contribution in [1.82, 2.24) is 10.2 Å². The minimum absolute atomic E-state index is 0.0226. The lowest BCUT2D eigenvalue weighted by Gasteiger charge is -2.37. The summed E-state index contributed by atoms with van der Waals surface area (Å²) in [4.78, 5) is 16.2. The first-order chi connectivity index (χ1) is 9.35. The van der Waals surface area contributed by atoms with Gasteiger partial charge in [0.25, 0.3) is 0 Å². The van der Waals surface area contributed by atoms with Gasteiger partial charge in [-0.15, -0.1) is 0 Å². The topological polar surface area (TPSA) is 61.6 Å². The summed E-state index contributed by atoms with van der Waals surface area (Å²) < 4.78 is 0. The fourth-order valence-electron chi connectivity index (χ4n) is 2.25. The molecule has 5 nitrogen and oxygen atoms in total. The fraction of sp³-hybridized carbons (Fsp3) is 0.533. The number of amides is 2. The van der Waals surface area contributed by atoms with E-state index in [1.54, 1.807) is 0 Å². The summed E-state index contributed by atoms with van der Waals surface area (Å²) in [6, 6.07) is 7.90. The van der Waals surface area contributed by atoms with Gasteiger partial charge in [-0.25, -0.2) is 4.79 Å². The molecule has 1 saturated heterocycles. The van der Waals surface area contributed by atoms with E-state index < -0.39 is 0 Å². The number of nitrogens with one attached hydrogen (secondary N) is 1. The Bertz CT molecular complexity index is 456. The monoisotopic (exact) mass is 276 g/mol. The van der Waals surface area contributed by atoms with Gasteiger partial charge in [0, 0.05) is 43.1 Å². The number of carbonyl (C=O) groups is 1. The van der Waals surface area contributed by atoms with Crippen LogP contribution in [0.3, 0.4) is 0 Å². The molecule has 2 amide bonds. The van der Waals surface area contributed by atoms with Crippen LogP contribution in [0.1, 0.15) is 20.8 Å². The maximum atomic E-state index is 12.1. The number of nitrogen functional groups attached to an aromatic ring is 1. The average Bonchev–Trinajstić information content (AvgIpc) is 2.38. The third-order valence-electron chi connectivity index (χ3n) is 3.31. The van der Waals surface area contributed by atoms with Crippen LogP contribution in [-0.4, -0.2) is 42.6 Å². The molecule has 5 heteroatoms. The van der Waals surface area contributed by atoms with E-state index in [1.807, 2.05) is 49.9 Å². The summed E-state index contributed by atoms with van der Waals surface area (Å²) in [5, 5.41) is 3.00. The zero-order chi connectivity index (χ0) is 14.8. The molecule has 1 aliphatic rings. The van der Waals surface area contributed by atoms with E-state index in [0.717, 1.165) is 37.6 Å². The second-order valence-corrected chi connectivity index (χ2v) is 6.25. The second-order valence-electron chi connectivity index (χ2n) is 6.25. The van der Waals surface area contributed by atoms with E-state index in [4.69, 9.17) is 5.73 Å². The first kappa shape index (κ1) is 14.5. The Morgan fingerprint density at radius 3 is 2.15 bits per heavy atom. The Morgan fingerprint density at radius 1 is 1.10 bits per heavy atom. The van der Waals surface area contributed by atoms with Crippen LogP contribution in [0, 0.1) is 0 Å². The number of rotatable bonds is 1. The Balaban J connectivity index is 1.89. The van der Waals surface area contributed by atoms with Gasteiger partial charge in [0.05, 0.1) is 0 Å². The van der Waals surface area contributed by atoms with Crippen molar-refractivity contribution in [2.75, 3.05) is 36.8 Å². The van der Waals surface area contributed by atoms with Gasteiger partial charge in [0.2, 0.25) is 0 Å². The summed E-state index contributed by atoms with van der Waals surface area (Å²) in [6.45, 7) is 9.17. The highest BCUT2D eigenvalue weighted by molar-refractivity contribution is 5.75. The molecule has 0 atom stereocenters. The van der Waals surface area contributed by atoms with Crippen LogP contribution in [0.5, 0.6) is 0 Å². The Kier molecular flexibility index (Phi) is 4.06. The average molecular weight is 276 g/mol. The first-order valence-electron chi connectivity index (χ1n) is 7.03. The highest BCUT2D eigenvalue weighted by atomic mass is 16.2. The van der Waals surface area contributed by atoms with Crippen molar-refractivity contribution in [3.63, 3.8) is 0 Å². The molecule has 3 N–H and O–H groups in total. The van der Waals surface area contributed by atoms with Crippen LogP contribution in [0.2, 0.25) is 0 Å². The molecular formula is C15H24N4O. The maximum absolute atomic E-state index is 12.1. The highest BCUT2D eigenvalue weighted by Gasteiger charge is 2.23. The van der Waals surface area contributed by atoms with Gasteiger partial charge >= 0.3 is 6.03 Å². The van der Waals surface area contributed by atoms with E-state index >= 15 is 0 Å². The quantitative estimate of drug-likeness (QED) is 0.770. The van der Waals surface area contributed by atoms with Gasteiger partial charge in [-0.1, -0.05) is 0 Å². The molecule has 1 aromatic carbocycles. The summed E-state index contributed by atoms with van der Waals surface area (Å²) in [5.41, 5.74) is 7.44. The van der Waals surface area contributed by atoms with Gasteiger partial charge in [0.1, 0.15) is 0 Å². The fourth-order valence-corrected chi connectivity index (χ4v) is 2.25. The third-order valence-corrected chi connectivity index (χ3v) is 3.31. The van der Waals surface area contributed by atoms with Crippen molar-refractivity contribution in [3.8, 4) is 0 Å². The minimum Gasteiger partial charge on any atom is -0.399 e. The van der Waals surface area contributed by atoms with Gasteiger partial charge in [-0.05, 0) is 45.0 Å². The summed E-state index contributed by atoms with van der Waals surface area (Å²) in [7, 11) is 0.